The van der Waals surface area contributed by atoms with Gasteiger partial charge in [-0.1, -0.05) is 5.92 Å². The van der Waals surface area contributed by atoms with E-state index < -0.39 is 25.0 Å². The molecule has 0 aliphatic carbocycles. The van der Waals surface area contributed by atoms with Crippen molar-refractivity contribution in [3.05, 3.63) is 29.8 Å². The third-order valence-corrected chi connectivity index (χ3v) is 2.22. The third-order valence-electron chi connectivity index (χ3n) is 2.22. The minimum absolute atomic E-state index is 0.0988. The maximum atomic E-state index is 12.0. The van der Waals surface area contributed by atoms with E-state index in [1.807, 2.05) is 0 Å². The molecule has 106 valence electrons. The standard InChI is InChI=1S/C13H11F2NO4/c1-2-7-16(8-11(17)18)12(19)9-3-5-10(6-4-9)20-13(14)15/h1,3-6,13H,7-8H2,(H,17,18). The summed E-state index contributed by atoms with van der Waals surface area (Å²) in [4.78, 5) is 23.6. The van der Waals surface area contributed by atoms with Gasteiger partial charge in [-0.05, 0) is 24.3 Å². The van der Waals surface area contributed by atoms with E-state index in [4.69, 9.17) is 11.5 Å². The van der Waals surface area contributed by atoms with Gasteiger partial charge in [-0.2, -0.15) is 8.78 Å². The van der Waals surface area contributed by atoms with Crippen LogP contribution in [0.2, 0.25) is 0 Å². The summed E-state index contributed by atoms with van der Waals surface area (Å²) in [5.74, 6) is 0.275. The van der Waals surface area contributed by atoms with Crippen LogP contribution in [0.25, 0.3) is 0 Å². The number of hydrogen-bond donors (Lipinski definition) is 1. The highest BCUT2D eigenvalue weighted by Gasteiger charge is 2.17. The molecule has 7 heteroatoms. The first-order chi connectivity index (χ1) is 9.43. The average Bonchev–Trinajstić information content (AvgIpc) is 2.37. The monoisotopic (exact) mass is 283 g/mol. The van der Waals surface area contributed by atoms with Crippen LogP contribution in [0.4, 0.5) is 8.78 Å². The highest BCUT2D eigenvalue weighted by Crippen LogP contribution is 2.16. The van der Waals surface area contributed by atoms with Crippen molar-refractivity contribution in [3.63, 3.8) is 0 Å². The molecule has 5 nitrogen and oxygen atoms in total. The van der Waals surface area contributed by atoms with Gasteiger partial charge in [0.2, 0.25) is 0 Å². The van der Waals surface area contributed by atoms with Gasteiger partial charge in [-0.25, -0.2) is 0 Å². The Morgan fingerprint density at radius 1 is 1.35 bits per heavy atom. The fourth-order valence-corrected chi connectivity index (χ4v) is 1.43. The van der Waals surface area contributed by atoms with Crippen molar-refractivity contribution in [2.24, 2.45) is 0 Å². The molecule has 0 saturated carbocycles. The molecule has 0 aliphatic rings. The molecule has 0 aliphatic heterocycles. The molecule has 0 heterocycles. The average molecular weight is 283 g/mol. The summed E-state index contributed by atoms with van der Waals surface area (Å²) in [6, 6.07) is 4.89. The predicted molar refractivity (Wildman–Crippen MR) is 65.4 cm³/mol. The van der Waals surface area contributed by atoms with Crippen molar-refractivity contribution in [2.45, 2.75) is 6.61 Å². The second-order valence-corrected chi connectivity index (χ2v) is 3.66. The van der Waals surface area contributed by atoms with Crippen molar-refractivity contribution in [2.75, 3.05) is 13.1 Å². The molecule has 0 radical (unpaired) electrons. The van der Waals surface area contributed by atoms with Crippen LogP contribution in [0.3, 0.4) is 0 Å². The molecule has 0 spiro atoms. The smallest absolute Gasteiger partial charge is 0.387 e. The van der Waals surface area contributed by atoms with Crippen molar-refractivity contribution in [3.8, 4) is 18.1 Å². The Labute approximate surface area is 113 Å². The first-order valence-electron chi connectivity index (χ1n) is 5.43. The normalized spacial score (nSPS) is 9.90. The maximum absolute atomic E-state index is 12.0. The lowest BCUT2D eigenvalue weighted by molar-refractivity contribution is -0.137. The van der Waals surface area contributed by atoms with Crippen molar-refractivity contribution >= 4 is 11.9 Å². The van der Waals surface area contributed by atoms with E-state index in [0.29, 0.717) is 0 Å². The second-order valence-electron chi connectivity index (χ2n) is 3.66. The van der Waals surface area contributed by atoms with E-state index in [0.717, 1.165) is 4.90 Å². The Kier molecular flexibility index (Phi) is 5.47. The van der Waals surface area contributed by atoms with Gasteiger partial charge in [-0.15, -0.1) is 6.42 Å². The van der Waals surface area contributed by atoms with Crippen molar-refractivity contribution < 1.29 is 28.2 Å². The third kappa shape index (κ3) is 4.57. The molecular weight excluding hydrogens is 272 g/mol. The van der Waals surface area contributed by atoms with Crippen LogP contribution in [-0.2, 0) is 4.79 Å². The summed E-state index contributed by atoms with van der Waals surface area (Å²) in [7, 11) is 0. The number of halogens is 2. The molecule has 0 unspecified atom stereocenters. The number of hydrogen-bond acceptors (Lipinski definition) is 3. The van der Waals surface area contributed by atoms with E-state index in [1.165, 1.54) is 24.3 Å². The number of nitrogens with zero attached hydrogens (tertiary/aromatic N) is 1. The van der Waals surface area contributed by atoms with E-state index in [1.54, 1.807) is 0 Å². The minimum atomic E-state index is -2.96. The summed E-state index contributed by atoms with van der Waals surface area (Å²) in [5, 5.41) is 8.68. The van der Waals surface area contributed by atoms with Gasteiger partial charge in [0, 0.05) is 5.56 Å². The first kappa shape index (κ1) is 15.4. The molecular formula is C13H11F2NO4. The van der Waals surface area contributed by atoms with Crippen LogP contribution in [0, 0.1) is 12.3 Å². The lowest BCUT2D eigenvalue weighted by Crippen LogP contribution is -2.35. The summed E-state index contributed by atoms with van der Waals surface area (Å²) in [6.07, 6.45) is 5.06. The molecule has 0 aromatic heterocycles. The van der Waals surface area contributed by atoms with Crippen LogP contribution in [0.15, 0.2) is 24.3 Å². The van der Waals surface area contributed by atoms with Crippen LogP contribution in [0.1, 0.15) is 10.4 Å². The Hall–Kier alpha value is -2.62. The minimum Gasteiger partial charge on any atom is -0.480 e. The molecule has 20 heavy (non-hydrogen) atoms. The molecule has 0 atom stereocenters. The molecule has 1 aromatic carbocycles. The van der Waals surface area contributed by atoms with E-state index in [2.05, 4.69) is 10.7 Å². The van der Waals surface area contributed by atoms with E-state index in [9.17, 15) is 18.4 Å². The molecule has 0 saturated heterocycles. The number of alkyl halides is 2. The topological polar surface area (TPSA) is 66.8 Å². The number of carbonyl (C=O) groups excluding carboxylic acids is 1. The van der Waals surface area contributed by atoms with E-state index in [-0.39, 0.29) is 17.9 Å². The van der Waals surface area contributed by atoms with Gasteiger partial charge in [0.15, 0.2) is 0 Å². The summed E-state index contributed by atoms with van der Waals surface area (Å²) < 4.78 is 28.1. The number of carboxylic acid groups (broad SMARTS) is 1. The lowest BCUT2D eigenvalue weighted by Gasteiger charge is -2.18. The summed E-state index contributed by atoms with van der Waals surface area (Å²) >= 11 is 0. The van der Waals surface area contributed by atoms with Crippen LogP contribution in [0.5, 0.6) is 5.75 Å². The quantitative estimate of drug-likeness (QED) is 0.802. The SMILES string of the molecule is C#CCN(CC(=O)O)C(=O)c1ccc(OC(F)F)cc1. The van der Waals surface area contributed by atoms with Crippen LogP contribution in [-0.4, -0.2) is 41.6 Å². The number of ether oxygens (including phenoxy) is 1. The number of terminal acetylenes is 1. The second kappa shape index (κ2) is 7.09. The fraction of sp³-hybridized carbons (Fsp3) is 0.231. The maximum Gasteiger partial charge on any atom is 0.387 e. The molecule has 0 bridgehead atoms. The Morgan fingerprint density at radius 3 is 2.40 bits per heavy atom. The number of benzene rings is 1. The molecule has 1 amide bonds. The first-order valence-corrected chi connectivity index (χ1v) is 5.43. The highest BCUT2D eigenvalue weighted by molar-refractivity contribution is 5.96. The molecule has 1 rings (SSSR count). The molecule has 1 aromatic rings. The highest BCUT2D eigenvalue weighted by atomic mass is 19.3. The zero-order valence-corrected chi connectivity index (χ0v) is 10.3. The van der Waals surface area contributed by atoms with Gasteiger partial charge in [-0.3, -0.25) is 9.59 Å². The molecule has 1 N–H and O–H groups in total. The van der Waals surface area contributed by atoms with Gasteiger partial charge in [0.1, 0.15) is 12.3 Å². The van der Waals surface area contributed by atoms with Crippen molar-refractivity contribution in [1.82, 2.24) is 4.90 Å². The number of carbonyl (C=O) groups is 2. The number of rotatable bonds is 6. The zero-order valence-electron chi connectivity index (χ0n) is 10.3. The van der Waals surface area contributed by atoms with Crippen molar-refractivity contribution in [1.29, 1.82) is 0 Å². The van der Waals surface area contributed by atoms with Gasteiger partial charge >= 0.3 is 12.6 Å². The largest absolute Gasteiger partial charge is 0.480 e. The summed E-state index contributed by atoms with van der Waals surface area (Å²) in [6.45, 7) is -3.67. The van der Waals surface area contributed by atoms with Gasteiger partial charge in [0.25, 0.3) is 5.91 Å². The zero-order chi connectivity index (χ0) is 15.1. The van der Waals surface area contributed by atoms with Crippen LogP contribution < -0.4 is 4.74 Å². The number of amides is 1. The fourth-order valence-electron chi connectivity index (χ4n) is 1.43. The number of aliphatic carboxylic acids is 1. The lowest BCUT2D eigenvalue weighted by atomic mass is 10.2. The van der Waals surface area contributed by atoms with E-state index >= 15 is 0 Å². The summed E-state index contributed by atoms with van der Waals surface area (Å²) in [5.41, 5.74) is 0.128. The van der Waals surface area contributed by atoms with Gasteiger partial charge in [0.05, 0.1) is 6.54 Å². The molecule has 0 fully saturated rings. The van der Waals surface area contributed by atoms with Crippen LogP contribution >= 0.6 is 0 Å². The Morgan fingerprint density at radius 2 is 1.95 bits per heavy atom. The van der Waals surface area contributed by atoms with Gasteiger partial charge < -0.3 is 14.7 Å². The number of carboxylic acids is 1. The predicted octanol–water partition coefficient (Wildman–Crippen LogP) is 1.45. The Bertz CT molecular complexity index is 522. The Balaban J connectivity index is 2.84.